The average molecular weight is 184 g/mol. The van der Waals surface area contributed by atoms with Crippen molar-refractivity contribution in [1.29, 1.82) is 0 Å². The number of allylic oxidation sites excluding steroid dienone is 3. The number of aliphatic hydroxyl groups is 1. The maximum Gasteiger partial charge on any atom is 0.305 e. The molecule has 0 amide bonds. The van der Waals surface area contributed by atoms with Crippen LogP contribution in [0.15, 0.2) is 24.3 Å². The summed E-state index contributed by atoms with van der Waals surface area (Å²) in [4.78, 5) is 10.1. The molecule has 0 saturated carbocycles. The quantitative estimate of drug-likeness (QED) is 0.618. The lowest BCUT2D eigenvalue weighted by Gasteiger charge is -2.02. The van der Waals surface area contributed by atoms with Crippen molar-refractivity contribution in [2.24, 2.45) is 0 Å². The molecule has 2 N–H and O–H groups in total. The van der Waals surface area contributed by atoms with Gasteiger partial charge in [-0.05, 0) is 19.8 Å². The van der Waals surface area contributed by atoms with Gasteiger partial charge < -0.3 is 10.2 Å². The van der Waals surface area contributed by atoms with Crippen molar-refractivity contribution in [2.75, 3.05) is 0 Å². The highest BCUT2D eigenvalue weighted by molar-refractivity contribution is 5.67. The van der Waals surface area contributed by atoms with Crippen LogP contribution in [0.5, 0.6) is 0 Å². The first-order chi connectivity index (χ1) is 6.16. The average Bonchev–Trinajstić information content (AvgIpc) is 2.02. The minimum absolute atomic E-state index is 0.187. The Morgan fingerprint density at radius 3 is 2.62 bits per heavy atom. The monoisotopic (exact) mass is 184 g/mol. The Morgan fingerprint density at radius 2 is 2.08 bits per heavy atom. The molecule has 0 spiro atoms. The SMILES string of the molecule is C/C=C/C/C=C/CC(O)CC(=O)O. The van der Waals surface area contributed by atoms with Crippen molar-refractivity contribution < 1.29 is 15.0 Å². The molecule has 1 unspecified atom stereocenters. The molecule has 0 fully saturated rings. The summed E-state index contributed by atoms with van der Waals surface area (Å²) in [6.45, 7) is 1.94. The number of carboxylic acids is 1. The Morgan fingerprint density at radius 1 is 1.38 bits per heavy atom. The lowest BCUT2D eigenvalue weighted by Crippen LogP contribution is -2.11. The number of rotatable bonds is 6. The van der Waals surface area contributed by atoms with E-state index in [-0.39, 0.29) is 6.42 Å². The fraction of sp³-hybridized carbons (Fsp3) is 0.500. The zero-order chi connectivity index (χ0) is 10.1. The van der Waals surface area contributed by atoms with E-state index in [9.17, 15) is 4.79 Å². The Labute approximate surface area is 78.4 Å². The molecule has 0 radical (unpaired) electrons. The number of aliphatic hydroxyl groups excluding tert-OH is 1. The number of hydrogen-bond donors (Lipinski definition) is 2. The van der Waals surface area contributed by atoms with E-state index in [1.54, 1.807) is 6.08 Å². The normalized spacial score (nSPS) is 14.0. The van der Waals surface area contributed by atoms with Gasteiger partial charge in [-0.15, -0.1) is 0 Å². The van der Waals surface area contributed by atoms with Crippen LogP contribution in [-0.2, 0) is 4.79 Å². The van der Waals surface area contributed by atoms with Crippen LogP contribution in [0.3, 0.4) is 0 Å². The summed E-state index contributed by atoms with van der Waals surface area (Å²) in [5, 5.41) is 17.5. The van der Waals surface area contributed by atoms with Crippen LogP contribution in [0.2, 0.25) is 0 Å². The van der Waals surface area contributed by atoms with Gasteiger partial charge in [0.2, 0.25) is 0 Å². The third-order valence-electron chi connectivity index (χ3n) is 1.49. The van der Waals surface area contributed by atoms with E-state index in [0.717, 1.165) is 6.42 Å². The summed E-state index contributed by atoms with van der Waals surface area (Å²) in [6.07, 6.45) is 7.92. The summed E-state index contributed by atoms with van der Waals surface area (Å²) in [6, 6.07) is 0. The Bertz CT molecular complexity index is 194. The van der Waals surface area contributed by atoms with E-state index in [1.807, 2.05) is 25.2 Å². The van der Waals surface area contributed by atoms with Crippen LogP contribution in [0.4, 0.5) is 0 Å². The minimum Gasteiger partial charge on any atom is -0.481 e. The summed E-state index contributed by atoms with van der Waals surface area (Å²) < 4.78 is 0. The first-order valence-electron chi connectivity index (χ1n) is 4.32. The first-order valence-corrected chi connectivity index (χ1v) is 4.32. The largest absolute Gasteiger partial charge is 0.481 e. The van der Waals surface area contributed by atoms with E-state index in [0.29, 0.717) is 6.42 Å². The molecule has 0 aliphatic carbocycles. The van der Waals surface area contributed by atoms with Gasteiger partial charge in [0.1, 0.15) is 0 Å². The molecule has 0 saturated heterocycles. The van der Waals surface area contributed by atoms with Crippen LogP contribution >= 0.6 is 0 Å². The second-order valence-corrected chi connectivity index (χ2v) is 2.76. The van der Waals surface area contributed by atoms with Gasteiger partial charge in [0.15, 0.2) is 0 Å². The molecule has 0 aromatic heterocycles. The summed E-state index contributed by atoms with van der Waals surface area (Å²) in [5.41, 5.74) is 0. The minimum atomic E-state index is -0.964. The van der Waals surface area contributed by atoms with Gasteiger partial charge in [-0.25, -0.2) is 0 Å². The molecule has 1 atom stereocenters. The van der Waals surface area contributed by atoms with Gasteiger partial charge in [0.05, 0.1) is 12.5 Å². The van der Waals surface area contributed by atoms with E-state index in [4.69, 9.17) is 10.2 Å². The summed E-state index contributed by atoms with van der Waals surface area (Å²) in [7, 11) is 0. The third kappa shape index (κ3) is 8.82. The first kappa shape index (κ1) is 11.9. The van der Waals surface area contributed by atoms with Gasteiger partial charge in [0.25, 0.3) is 0 Å². The van der Waals surface area contributed by atoms with Gasteiger partial charge in [-0.3, -0.25) is 4.79 Å². The van der Waals surface area contributed by atoms with Crippen LogP contribution in [0.25, 0.3) is 0 Å². The molecule has 74 valence electrons. The highest BCUT2D eigenvalue weighted by Crippen LogP contribution is 1.99. The Hall–Kier alpha value is -1.09. The van der Waals surface area contributed by atoms with E-state index in [2.05, 4.69) is 0 Å². The van der Waals surface area contributed by atoms with Crippen LogP contribution in [-0.4, -0.2) is 22.3 Å². The van der Waals surface area contributed by atoms with E-state index < -0.39 is 12.1 Å². The zero-order valence-corrected chi connectivity index (χ0v) is 7.81. The van der Waals surface area contributed by atoms with E-state index in [1.165, 1.54) is 0 Å². The van der Waals surface area contributed by atoms with Gasteiger partial charge in [-0.1, -0.05) is 24.3 Å². The molecular weight excluding hydrogens is 168 g/mol. The topological polar surface area (TPSA) is 57.5 Å². The molecule has 0 aromatic rings. The summed E-state index contributed by atoms with van der Waals surface area (Å²) >= 11 is 0. The fourth-order valence-corrected chi connectivity index (χ4v) is 0.849. The molecule has 0 heterocycles. The number of carbonyl (C=O) groups is 1. The van der Waals surface area contributed by atoms with Gasteiger partial charge in [-0.2, -0.15) is 0 Å². The molecule has 3 nitrogen and oxygen atoms in total. The zero-order valence-electron chi connectivity index (χ0n) is 7.81. The van der Waals surface area contributed by atoms with Crippen LogP contribution < -0.4 is 0 Å². The second kappa shape index (κ2) is 7.55. The van der Waals surface area contributed by atoms with Crippen molar-refractivity contribution in [3.8, 4) is 0 Å². The Balaban J connectivity index is 3.50. The number of carboxylic acid groups (broad SMARTS) is 1. The smallest absolute Gasteiger partial charge is 0.305 e. The molecule has 0 aromatic carbocycles. The number of aliphatic carboxylic acids is 1. The molecule has 3 heteroatoms. The van der Waals surface area contributed by atoms with Crippen LogP contribution in [0.1, 0.15) is 26.2 Å². The lowest BCUT2D eigenvalue weighted by molar-refractivity contribution is -0.139. The molecule has 0 rings (SSSR count). The lowest BCUT2D eigenvalue weighted by atomic mass is 10.2. The maximum absolute atomic E-state index is 10.1. The van der Waals surface area contributed by atoms with Crippen molar-refractivity contribution in [3.63, 3.8) is 0 Å². The molecule has 13 heavy (non-hydrogen) atoms. The highest BCUT2D eigenvalue weighted by Gasteiger charge is 2.06. The fourth-order valence-electron chi connectivity index (χ4n) is 0.849. The standard InChI is InChI=1S/C10H16O3/c1-2-3-4-5-6-7-9(11)8-10(12)13/h2-3,5-6,9,11H,4,7-8H2,1H3,(H,12,13)/b3-2+,6-5+. The molecule has 0 aliphatic rings. The molecule has 0 bridgehead atoms. The maximum atomic E-state index is 10.1. The highest BCUT2D eigenvalue weighted by atomic mass is 16.4. The predicted molar refractivity (Wildman–Crippen MR) is 51.4 cm³/mol. The second-order valence-electron chi connectivity index (χ2n) is 2.76. The Kier molecular flexibility index (Phi) is 6.92. The predicted octanol–water partition coefficient (Wildman–Crippen LogP) is 1.73. The van der Waals surface area contributed by atoms with Crippen molar-refractivity contribution >= 4 is 5.97 Å². The molecular formula is C10H16O3. The third-order valence-corrected chi connectivity index (χ3v) is 1.49. The molecule has 0 aliphatic heterocycles. The van der Waals surface area contributed by atoms with E-state index >= 15 is 0 Å². The van der Waals surface area contributed by atoms with Gasteiger partial charge >= 0.3 is 5.97 Å². The van der Waals surface area contributed by atoms with Crippen LogP contribution in [0, 0.1) is 0 Å². The van der Waals surface area contributed by atoms with Gasteiger partial charge in [0, 0.05) is 0 Å². The van der Waals surface area contributed by atoms with Crippen molar-refractivity contribution in [1.82, 2.24) is 0 Å². The van der Waals surface area contributed by atoms with Crippen molar-refractivity contribution in [3.05, 3.63) is 24.3 Å². The van der Waals surface area contributed by atoms with Crippen molar-refractivity contribution in [2.45, 2.75) is 32.3 Å². The summed E-state index contributed by atoms with van der Waals surface area (Å²) in [5.74, 6) is -0.964. The number of hydrogen-bond acceptors (Lipinski definition) is 2.